The number of halogens is 1. The molecule has 6 nitrogen and oxygen atoms in total. The lowest BCUT2D eigenvalue weighted by molar-refractivity contribution is 0.146. The predicted molar refractivity (Wildman–Crippen MR) is 119 cm³/mol. The highest BCUT2D eigenvalue weighted by molar-refractivity contribution is 14.0. The zero-order chi connectivity index (χ0) is 18.3. The maximum Gasteiger partial charge on any atom is 0.407 e. The van der Waals surface area contributed by atoms with Gasteiger partial charge < -0.3 is 20.7 Å². The van der Waals surface area contributed by atoms with Gasteiger partial charge in [0.15, 0.2) is 5.96 Å². The number of hydrogen-bond donors (Lipinski definition) is 3. The monoisotopic (exact) mass is 494 g/mol. The van der Waals surface area contributed by atoms with E-state index >= 15 is 0 Å². The number of nitrogens with one attached hydrogen (secondary N) is 3. The van der Waals surface area contributed by atoms with Crippen molar-refractivity contribution in [2.75, 3.05) is 26.7 Å². The minimum atomic E-state index is -0.344. The zero-order valence-electron chi connectivity index (χ0n) is 16.0. The maximum atomic E-state index is 11.7. The second kappa shape index (κ2) is 11.0. The molecule has 0 spiro atoms. The first-order valence-electron chi connectivity index (χ1n) is 8.88. The van der Waals surface area contributed by atoms with Crippen LogP contribution >= 0.6 is 35.3 Å². The number of alkyl carbamates (subject to hydrolysis) is 1. The van der Waals surface area contributed by atoms with Crippen LogP contribution in [-0.4, -0.2) is 44.8 Å². The van der Waals surface area contributed by atoms with Crippen LogP contribution < -0.4 is 16.0 Å². The van der Waals surface area contributed by atoms with Gasteiger partial charge in [0.05, 0.1) is 12.6 Å². The standard InChI is InChI=1S/C18H30N4O2S.HI/c1-5-24-17(23)22-14(13-8-9-13)11-20-16(19-4)21-12-18(2,3)15-7-6-10-25-15;/h6-7,10,13-14H,5,8-9,11-12H2,1-4H3,(H,22,23)(H2,19,20,21);1H. The largest absolute Gasteiger partial charge is 0.450 e. The van der Waals surface area contributed by atoms with Crippen LogP contribution in [0.5, 0.6) is 0 Å². The molecule has 1 unspecified atom stereocenters. The van der Waals surface area contributed by atoms with Gasteiger partial charge in [0.2, 0.25) is 0 Å². The highest BCUT2D eigenvalue weighted by Gasteiger charge is 2.32. The Balaban J connectivity index is 0.00000338. The Morgan fingerprint density at radius 2 is 2.15 bits per heavy atom. The van der Waals surface area contributed by atoms with E-state index in [2.05, 4.69) is 52.3 Å². The van der Waals surface area contributed by atoms with Gasteiger partial charge in [-0.2, -0.15) is 0 Å². The van der Waals surface area contributed by atoms with Crippen LogP contribution in [0.3, 0.4) is 0 Å². The normalized spacial score (nSPS) is 15.6. The third-order valence-corrected chi connectivity index (χ3v) is 5.60. The third-order valence-electron chi connectivity index (χ3n) is 4.37. The van der Waals surface area contributed by atoms with E-state index in [1.807, 2.05) is 6.92 Å². The van der Waals surface area contributed by atoms with E-state index in [1.54, 1.807) is 18.4 Å². The number of guanidine groups is 1. The second-order valence-corrected chi connectivity index (χ2v) is 7.92. The first kappa shape index (κ1) is 23.0. The van der Waals surface area contributed by atoms with Crippen molar-refractivity contribution in [3.05, 3.63) is 22.4 Å². The van der Waals surface area contributed by atoms with E-state index in [0.717, 1.165) is 25.3 Å². The van der Waals surface area contributed by atoms with Gasteiger partial charge in [-0.3, -0.25) is 4.99 Å². The summed E-state index contributed by atoms with van der Waals surface area (Å²) < 4.78 is 4.99. The summed E-state index contributed by atoms with van der Waals surface area (Å²) in [6, 6.07) is 4.31. The van der Waals surface area contributed by atoms with Gasteiger partial charge >= 0.3 is 6.09 Å². The van der Waals surface area contributed by atoms with Crippen LogP contribution in [0.1, 0.15) is 38.5 Å². The Kier molecular flexibility index (Phi) is 9.70. The number of hydrogen-bond acceptors (Lipinski definition) is 4. The molecule has 1 atom stereocenters. The summed E-state index contributed by atoms with van der Waals surface area (Å²) in [6.07, 6.45) is 1.95. The molecule has 2 rings (SSSR count). The molecular weight excluding hydrogens is 463 g/mol. The fourth-order valence-corrected chi connectivity index (χ4v) is 3.49. The summed E-state index contributed by atoms with van der Waals surface area (Å²) in [7, 11) is 1.76. The molecule has 3 N–H and O–H groups in total. The number of carbonyl (C=O) groups excluding carboxylic acids is 1. The van der Waals surface area contributed by atoms with Crippen molar-refractivity contribution in [1.29, 1.82) is 0 Å². The molecule has 1 aliphatic rings. The number of rotatable bonds is 8. The number of thiophene rings is 1. The van der Waals surface area contributed by atoms with Crippen LogP contribution in [0.15, 0.2) is 22.5 Å². The molecule has 1 aromatic heterocycles. The van der Waals surface area contributed by atoms with E-state index in [1.165, 1.54) is 4.88 Å². The first-order chi connectivity index (χ1) is 12.0. The van der Waals surface area contributed by atoms with Crippen LogP contribution in [0.4, 0.5) is 4.79 Å². The molecule has 0 aliphatic heterocycles. The van der Waals surface area contributed by atoms with Gasteiger partial charge in [-0.1, -0.05) is 19.9 Å². The van der Waals surface area contributed by atoms with Gasteiger partial charge in [0, 0.05) is 30.4 Å². The van der Waals surface area contributed by atoms with Crippen LogP contribution in [0.2, 0.25) is 0 Å². The van der Waals surface area contributed by atoms with Gasteiger partial charge in [-0.25, -0.2) is 4.79 Å². The van der Waals surface area contributed by atoms with Crippen LogP contribution in [0.25, 0.3) is 0 Å². The highest BCUT2D eigenvalue weighted by atomic mass is 127. The van der Waals surface area contributed by atoms with Gasteiger partial charge in [-0.05, 0) is 37.1 Å². The molecule has 0 radical (unpaired) electrons. The molecule has 0 bridgehead atoms. The van der Waals surface area contributed by atoms with E-state index in [4.69, 9.17) is 4.74 Å². The molecule has 148 valence electrons. The van der Waals surface area contributed by atoms with E-state index in [9.17, 15) is 4.79 Å². The molecule has 1 amide bonds. The minimum Gasteiger partial charge on any atom is -0.450 e. The Labute approximate surface area is 177 Å². The second-order valence-electron chi connectivity index (χ2n) is 6.98. The van der Waals surface area contributed by atoms with Gasteiger partial charge in [0.1, 0.15) is 0 Å². The van der Waals surface area contributed by atoms with Crippen molar-refractivity contribution in [2.45, 2.75) is 45.1 Å². The van der Waals surface area contributed by atoms with Gasteiger partial charge in [0.25, 0.3) is 0 Å². The maximum absolute atomic E-state index is 11.7. The Morgan fingerprint density at radius 3 is 2.69 bits per heavy atom. The summed E-state index contributed by atoms with van der Waals surface area (Å²) in [5.74, 6) is 1.28. The number of carbonyl (C=O) groups is 1. The van der Waals surface area contributed by atoms with Crippen LogP contribution in [-0.2, 0) is 10.2 Å². The molecule has 1 saturated carbocycles. The summed E-state index contributed by atoms with van der Waals surface area (Å²) >= 11 is 1.77. The van der Waals surface area contributed by atoms with Crippen molar-refractivity contribution in [3.8, 4) is 0 Å². The molecule has 0 aromatic carbocycles. The van der Waals surface area contributed by atoms with Crippen molar-refractivity contribution in [1.82, 2.24) is 16.0 Å². The van der Waals surface area contributed by atoms with Crippen molar-refractivity contribution >= 4 is 47.4 Å². The molecule has 1 heterocycles. The topological polar surface area (TPSA) is 74.8 Å². The third kappa shape index (κ3) is 7.30. The number of amides is 1. The molecular formula is C18H31IN4O2S. The zero-order valence-corrected chi connectivity index (χ0v) is 19.1. The van der Waals surface area contributed by atoms with Gasteiger partial charge in [-0.15, -0.1) is 35.3 Å². The quantitative estimate of drug-likeness (QED) is 0.295. The Hall–Kier alpha value is -1.03. The molecule has 8 heteroatoms. The number of nitrogens with zero attached hydrogens (tertiary/aromatic N) is 1. The van der Waals surface area contributed by atoms with E-state index in [-0.39, 0.29) is 41.5 Å². The fraction of sp³-hybridized carbons (Fsp3) is 0.667. The van der Waals surface area contributed by atoms with Crippen molar-refractivity contribution in [2.24, 2.45) is 10.9 Å². The molecule has 1 aliphatic carbocycles. The van der Waals surface area contributed by atoms with E-state index in [0.29, 0.717) is 19.1 Å². The molecule has 0 saturated heterocycles. The lowest BCUT2D eigenvalue weighted by atomic mass is 9.91. The summed E-state index contributed by atoms with van der Waals surface area (Å²) in [5, 5.41) is 11.8. The highest BCUT2D eigenvalue weighted by Crippen LogP contribution is 2.32. The lowest BCUT2D eigenvalue weighted by Gasteiger charge is -2.26. The average molecular weight is 494 g/mol. The Bertz CT molecular complexity index is 574. The molecule has 1 fully saturated rings. The van der Waals surface area contributed by atoms with Crippen molar-refractivity contribution in [3.63, 3.8) is 0 Å². The van der Waals surface area contributed by atoms with Crippen molar-refractivity contribution < 1.29 is 9.53 Å². The summed E-state index contributed by atoms with van der Waals surface area (Å²) in [5.41, 5.74) is 0.0326. The SMILES string of the molecule is CCOC(=O)NC(CNC(=NC)NCC(C)(C)c1cccs1)C1CC1.I. The number of ether oxygens (including phenoxy) is 1. The van der Waals surface area contributed by atoms with Crippen LogP contribution in [0, 0.1) is 5.92 Å². The predicted octanol–water partition coefficient (Wildman–Crippen LogP) is 3.33. The first-order valence-corrected chi connectivity index (χ1v) is 9.76. The van der Waals surface area contributed by atoms with E-state index < -0.39 is 0 Å². The fourth-order valence-electron chi connectivity index (χ4n) is 2.64. The molecule has 1 aromatic rings. The lowest BCUT2D eigenvalue weighted by Crippen LogP contribution is -2.49. The minimum absolute atomic E-state index is 0. The Morgan fingerprint density at radius 1 is 1.42 bits per heavy atom. The summed E-state index contributed by atoms with van der Waals surface area (Å²) in [6.45, 7) is 8.06. The average Bonchev–Trinajstić information content (AvgIpc) is 3.26. The molecule has 26 heavy (non-hydrogen) atoms. The number of aliphatic imine (C=N–C) groups is 1. The smallest absolute Gasteiger partial charge is 0.407 e. The summed E-state index contributed by atoms with van der Waals surface area (Å²) in [4.78, 5) is 17.3.